The number of aliphatic hydroxyl groups excluding tert-OH is 2. The maximum atomic E-state index is 14.8. The van der Waals surface area contributed by atoms with Gasteiger partial charge in [0.15, 0.2) is 12.4 Å². The molecule has 0 aliphatic carbocycles. The van der Waals surface area contributed by atoms with E-state index in [4.69, 9.17) is 28.2 Å². The first-order chi connectivity index (χ1) is 49.0. The minimum atomic E-state index is -5.48. The molecule has 594 valence electrons. The zero-order valence-corrected chi connectivity index (χ0v) is 66.3. The smallest absolute Gasteiger partial charge is 0.462 e. The minimum Gasteiger partial charge on any atom is -0.462 e. The van der Waals surface area contributed by atoms with E-state index in [1.165, 1.54) is 103 Å². The maximum absolute atomic E-state index is 14.8. The topological polar surface area (TPSA) is 268 Å². The fourth-order valence-corrected chi connectivity index (χ4v) is 14.5. The minimum absolute atomic E-state index is 0.0756. The highest BCUT2D eigenvalue weighted by atomic mass is 31.2. The highest BCUT2D eigenvalue weighted by Crippen LogP contribution is 2.43. The van der Waals surface area contributed by atoms with Gasteiger partial charge in [-0.25, -0.2) is 4.57 Å². The van der Waals surface area contributed by atoms with Crippen molar-refractivity contribution < 1.29 is 81.5 Å². The predicted molar refractivity (Wildman–Crippen MR) is 406 cm³/mol. The molecule has 1 heterocycles. The summed E-state index contributed by atoms with van der Waals surface area (Å²) in [6, 6.07) is -1.60. The average Bonchev–Trinajstić information content (AvgIpc) is 0.782. The summed E-state index contributed by atoms with van der Waals surface area (Å²) in [6.07, 6.45) is 42.8. The molecule has 0 aromatic carbocycles. The fourth-order valence-electron chi connectivity index (χ4n) is 13.9. The van der Waals surface area contributed by atoms with Crippen molar-refractivity contribution in [1.29, 1.82) is 0 Å². The largest absolute Gasteiger partial charge is 0.470 e. The van der Waals surface area contributed by atoms with Crippen LogP contribution in [0.1, 0.15) is 414 Å². The number of ketones is 2. The Balaban J connectivity index is 3.79. The van der Waals surface area contributed by atoms with Crippen molar-refractivity contribution in [3.8, 4) is 0 Å². The summed E-state index contributed by atoms with van der Waals surface area (Å²) < 4.78 is 49.5. The maximum Gasteiger partial charge on any atom is 0.470 e. The van der Waals surface area contributed by atoms with E-state index >= 15 is 0 Å². The van der Waals surface area contributed by atoms with Gasteiger partial charge in [-0.2, -0.15) is 0 Å². The molecule has 0 bridgehead atoms. The van der Waals surface area contributed by atoms with E-state index in [0.29, 0.717) is 51.4 Å². The Labute approximate surface area is 615 Å². The summed E-state index contributed by atoms with van der Waals surface area (Å²) in [5, 5.41) is 24.7. The van der Waals surface area contributed by atoms with Gasteiger partial charge in [-0.1, -0.05) is 318 Å². The Morgan fingerprint density at radius 3 is 1.13 bits per heavy atom. The van der Waals surface area contributed by atoms with Gasteiger partial charge in [0, 0.05) is 37.5 Å². The number of rotatable bonds is 74. The third-order valence-corrected chi connectivity index (χ3v) is 20.8. The lowest BCUT2D eigenvalue weighted by Crippen LogP contribution is -2.66. The van der Waals surface area contributed by atoms with Crippen molar-refractivity contribution >= 4 is 43.2 Å². The molecule has 19 heteroatoms. The van der Waals surface area contributed by atoms with Crippen LogP contribution >= 0.6 is 7.82 Å². The molecule has 1 rings (SSSR count). The average molecular weight is 1460 g/mol. The first-order valence-electron chi connectivity index (χ1n) is 42.2. The van der Waals surface area contributed by atoms with Crippen LogP contribution in [-0.2, 0) is 61.5 Å². The molecule has 1 aliphatic heterocycles. The number of unbranched alkanes of at least 4 members (excludes halogenated alkanes) is 42. The molecule has 0 aromatic rings. The molecule has 0 radical (unpaired) electrons. The highest BCUT2D eigenvalue weighted by molar-refractivity contribution is 7.46. The third-order valence-electron chi connectivity index (χ3n) is 20.3. The number of Topliss-reactive ketones (excluding diaryl/α,β-unsaturated/α-hetero) is 2. The third kappa shape index (κ3) is 53.6. The molecule has 18 nitrogen and oxygen atoms in total. The monoisotopic (exact) mass is 1460 g/mol. The quantitative estimate of drug-likeness (QED) is 0.0164. The first-order valence-corrected chi connectivity index (χ1v) is 43.7. The van der Waals surface area contributed by atoms with Gasteiger partial charge in [-0.15, -0.1) is 0 Å². The molecule has 0 saturated carbocycles. The van der Waals surface area contributed by atoms with E-state index in [0.717, 1.165) is 173 Å². The summed E-state index contributed by atoms with van der Waals surface area (Å²) in [6.45, 7) is 11.3. The van der Waals surface area contributed by atoms with E-state index in [-0.39, 0.29) is 69.1 Å². The Kier molecular flexibility index (Phi) is 63.4. The lowest BCUT2D eigenvalue weighted by molar-refractivity contribution is -0.271. The van der Waals surface area contributed by atoms with Gasteiger partial charge < -0.3 is 49.0 Å². The van der Waals surface area contributed by atoms with Crippen LogP contribution in [0.4, 0.5) is 0 Å². The summed E-state index contributed by atoms with van der Waals surface area (Å²) in [4.78, 5) is 106. The molecule has 0 aromatic heterocycles. The van der Waals surface area contributed by atoms with Gasteiger partial charge in [0.25, 0.3) is 0 Å². The summed E-state index contributed by atoms with van der Waals surface area (Å²) in [5.74, 6) is -4.51. The molecule has 9 atom stereocenters. The number of carbonyl (C=O) groups is 6. The Morgan fingerprint density at radius 1 is 0.396 bits per heavy atom. The molecule has 1 saturated heterocycles. The zero-order valence-electron chi connectivity index (χ0n) is 65.4. The van der Waals surface area contributed by atoms with Crippen LogP contribution in [0, 0.1) is 11.8 Å². The number of amides is 1. The summed E-state index contributed by atoms with van der Waals surface area (Å²) in [7, 11) is -5.48. The van der Waals surface area contributed by atoms with Crippen molar-refractivity contribution in [2.45, 2.75) is 457 Å². The number of esters is 3. The Hall–Kier alpha value is -2.83. The number of nitrogens with one attached hydrogen (secondary N) is 1. The van der Waals surface area contributed by atoms with Crippen molar-refractivity contribution in [3.05, 3.63) is 0 Å². The van der Waals surface area contributed by atoms with Crippen molar-refractivity contribution in [2.75, 3.05) is 19.8 Å². The fraction of sp³-hybridized carbons (Fsp3) is 0.927. The Bertz CT molecular complexity index is 2060. The number of phosphoric ester groups is 1. The van der Waals surface area contributed by atoms with Crippen molar-refractivity contribution in [3.63, 3.8) is 0 Å². The van der Waals surface area contributed by atoms with Crippen molar-refractivity contribution in [1.82, 2.24) is 5.32 Å². The number of carbonyl (C=O) groups excluding carboxylic acids is 6. The van der Waals surface area contributed by atoms with E-state index < -0.39 is 93.6 Å². The molecule has 0 unspecified atom stereocenters. The van der Waals surface area contributed by atoms with E-state index in [1.54, 1.807) is 0 Å². The molecule has 0 spiro atoms. The van der Waals surface area contributed by atoms with E-state index in [1.807, 2.05) is 0 Å². The lowest BCUT2D eigenvalue weighted by Gasteiger charge is -2.45. The van der Waals surface area contributed by atoms with Gasteiger partial charge >= 0.3 is 25.7 Å². The second-order valence-electron chi connectivity index (χ2n) is 29.8. The van der Waals surface area contributed by atoms with Crippen LogP contribution in [0.25, 0.3) is 0 Å². The van der Waals surface area contributed by atoms with Crippen molar-refractivity contribution in [2.24, 2.45) is 11.8 Å². The van der Waals surface area contributed by atoms with Crippen LogP contribution in [0.3, 0.4) is 0 Å². The number of aliphatic hydroxyl groups is 2. The molecule has 5 N–H and O–H groups in total. The molecule has 1 amide bonds. The molecular weight excluding hydrogens is 1300 g/mol. The normalized spacial score (nSPS) is 17.5. The second kappa shape index (κ2) is 66.6. The molecule has 1 fully saturated rings. The standard InChI is InChI=1S/C82H154NO17P/c1-7-13-19-25-31-34-40-43-49-55-68(72(86)58-52-46-37-28-22-16-10-4)63-78(91)99-81-79(83-75(88)65-71(57-51-45-42-36-33-27-21-15-9-3)97-77(90)60-54-48-39-30-24-18-12-6)82(98-74(67-85)80(81)100-101(92,93)94)95-62-61-69(66-84)73(87)64-70(56-50-44-41-35-32-26-20-14-8-2)96-76(89)59-53-47-38-29-23-17-11-5/h68-71,74,79-82,84-85H,7-67H2,1-6H3,(H,83,88)(H2,92,93,94)/t68-,69+,70-,71-,74-,79-,80-,81-,82-/m1/s1. The first kappa shape index (κ1) is 96.2. The van der Waals surface area contributed by atoms with Crippen LogP contribution < -0.4 is 5.32 Å². The SMILES string of the molecule is CCCCCCCCCCC[C@H](CC(=O)N[C@H]1[C@H](OCC[C@@H](CO)C(=O)C[C@@H](CCCCCCCCCCC)OC(=O)CCCCCCCCC)O[C@H](CO)[C@@H](OP(=O)(O)O)[C@@H]1OC(=O)C[C@@H](CCCCCCCCCCC)C(=O)CCCCCCCCC)OC(=O)CCCCCCCCC. The van der Waals surface area contributed by atoms with E-state index in [9.17, 15) is 53.3 Å². The van der Waals surface area contributed by atoms with Crippen LogP contribution in [-0.4, -0.2) is 118 Å². The van der Waals surface area contributed by atoms with E-state index in [2.05, 4.69) is 46.9 Å². The van der Waals surface area contributed by atoms with Gasteiger partial charge in [0.1, 0.15) is 42.0 Å². The van der Waals surface area contributed by atoms with Crippen LogP contribution in [0.5, 0.6) is 0 Å². The number of hydrogen-bond donors (Lipinski definition) is 5. The molecule has 101 heavy (non-hydrogen) atoms. The number of hydrogen-bond acceptors (Lipinski definition) is 15. The van der Waals surface area contributed by atoms with Gasteiger partial charge in [-0.3, -0.25) is 33.3 Å². The predicted octanol–water partition coefficient (Wildman–Crippen LogP) is 20.5. The summed E-state index contributed by atoms with van der Waals surface area (Å²) >= 11 is 0. The molecule has 1 aliphatic rings. The highest BCUT2D eigenvalue weighted by Gasteiger charge is 2.52. The van der Waals surface area contributed by atoms with Crippen LogP contribution in [0.15, 0.2) is 0 Å². The Morgan fingerprint density at radius 2 is 0.752 bits per heavy atom. The second-order valence-corrected chi connectivity index (χ2v) is 31.0. The lowest BCUT2D eigenvalue weighted by atomic mass is 9.90. The van der Waals surface area contributed by atoms with Gasteiger partial charge in [0.2, 0.25) is 5.91 Å². The van der Waals surface area contributed by atoms with Gasteiger partial charge in [0.05, 0.1) is 32.7 Å². The number of ether oxygens (including phenoxy) is 5. The molecular formula is C82H154NO17P. The summed E-state index contributed by atoms with van der Waals surface area (Å²) in [5.41, 5.74) is 0. The van der Waals surface area contributed by atoms with Crippen LogP contribution in [0.2, 0.25) is 0 Å². The number of phosphoric acid groups is 1. The zero-order chi connectivity index (χ0) is 74.2. The van der Waals surface area contributed by atoms with Gasteiger partial charge in [-0.05, 0) is 57.8 Å².